The molecule has 1 aliphatic rings. The molecule has 0 aliphatic carbocycles. The fourth-order valence-electron chi connectivity index (χ4n) is 2.62. The number of carbonyl (C=O) groups excluding carboxylic acids is 1. The van der Waals surface area contributed by atoms with Crippen LogP contribution >= 0.6 is 12.4 Å². The van der Waals surface area contributed by atoms with E-state index in [1.165, 1.54) is 0 Å². The normalized spacial score (nSPS) is 17.9. The van der Waals surface area contributed by atoms with Crippen molar-refractivity contribution in [2.75, 3.05) is 13.2 Å². The highest BCUT2D eigenvalue weighted by Gasteiger charge is 2.28. The van der Waals surface area contributed by atoms with Gasteiger partial charge in [0.15, 0.2) is 0 Å². The van der Waals surface area contributed by atoms with Gasteiger partial charge in [-0.05, 0) is 18.9 Å². The third kappa shape index (κ3) is 4.61. The van der Waals surface area contributed by atoms with Crippen molar-refractivity contribution >= 4 is 18.3 Å². The summed E-state index contributed by atoms with van der Waals surface area (Å²) in [5.74, 6) is 0.791. The quantitative estimate of drug-likeness (QED) is 0.848. The molecule has 5 heteroatoms. The summed E-state index contributed by atoms with van der Waals surface area (Å²) in [4.78, 5) is 12.5. The number of hydrogen-bond donors (Lipinski definition) is 2. The van der Waals surface area contributed by atoms with Crippen molar-refractivity contribution in [3.8, 4) is 5.75 Å². The minimum Gasteiger partial charge on any atom is -0.493 e. The first kappa shape index (κ1) is 17.8. The fraction of sp³-hybridized carbons (Fsp3) is 0.562. The highest BCUT2D eigenvalue weighted by Crippen LogP contribution is 2.33. The summed E-state index contributed by atoms with van der Waals surface area (Å²) in [5.41, 5.74) is 6.74. The molecule has 21 heavy (non-hydrogen) atoms. The number of para-hydroxylation sites is 1. The Morgan fingerprint density at radius 3 is 2.95 bits per heavy atom. The molecule has 0 aromatic heterocycles. The van der Waals surface area contributed by atoms with E-state index in [0.29, 0.717) is 13.2 Å². The summed E-state index contributed by atoms with van der Waals surface area (Å²) in [6, 6.07) is 7.86. The van der Waals surface area contributed by atoms with E-state index < -0.39 is 0 Å². The van der Waals surface area contributed by atoms with Crippen molar-refractivity contribution in [3.63, 3.8) is 0 Å². The average molecular weight is 313 g/mol. The lowest BCUT2D eigenvalue weighted by Gasteiger charge is -2.27. The first-order valence-corrected chi connectivity index (χ1v) is 7.48. The lowest BCUT2D eigenvalue weighted by Crippen LogP contribution is -2.43. The zero-order chi connectivity index (χ0) is 14.4. The number of amides is 1. The van der Waals surface area contributed by atoms with Crippen molar-refractivity contribution in [3.05, 3.63) is 29.8 Å². The third-order valence-electron chi connectivity index (χ3n) is 3.81. The van der Waals surface area contributed by atoms with Gasteiger partial charge in [0, 0.05) is 18.2 Å². The van der Waals surface area contributed by atoms with Gasteiger partial charge in [-0.25, -0.2) is 0 Å². The molecule has 0 spiro atoms. The average Bonchev–Trinajstić information content (AvgIpc) is 2.50. The Balaban J connectivity index is 0.00000220. The van der Waals surface area contributed by atoms with Gasteiger partial charge in [-0.3, -0.25) is 4.79 Å². The van der Waals surface area contributed by atoms with Gasteiger partial charge in [-0.2, -0.15) is 0 Å². The van der Waals surface area contributed by atoms with Crippen molar-refractivity contribution in [1.29, 1.82) is 0 Å². The SMILES string of the molecule is CCCCC(CN)NC(=O)C1CCOc2ccccc21.Cl. The Morgan fingerprint density at radius 1 is 1.48 bits per heavy atom. The lowest BCUT2D eigenvalue weighted by atomic mass is 9.92. The maximum absolute atomic E-state index is 12.5. The van der Waals surface area contributed by atoms with Crippen molar-refractivity contribution in [1.82, 2.24) is 5.32 Å². The largest absolute Gasteiger partial charge is 0.493 e. The zero-order valence-corrected chi connectivity index (χ0v) is 13.3. The van der Waals surface area contributed by atoms with Gasteiger partial charge < -0.3 is 15.8 Å². The number of nitrogens with one attached hydrogen (secondary N) is 1. The third-order valence-corrected chi connectivity index (χ3v) is 3.81. The van der Waals surface area contributed by atoms with Gasteiger partial charge in [0.2, 0.25) is 5.91 Å². The summed E-state index contributed by atoms with van der Waals surface area (Å²) in [5, 5.41) is 3.09. The highest BCUT2D eigenvalue weighted by atomic mass is 35.5. The standard InChI is InChI=1S/C16H24N2O2.ClH/c1-2-3-6-12(11-17)18-16(19)14-9-10-20-15-8-5-4-7-13(14)15;/h4-5,7-8,12,14H,2-3,6,9-11,17H2,1H3,(H,18,19);1H. The Bertz CT molecular complexity index is 454. The number of unbranched alkanes of at least 4 members (excludes halogenated alkanes) is 1. The number of ether oxygens (including phenoxy) is 1. The Kier molecular flexibility index (Phi) is 7.54. The molecule has 4 nitrogen and oxygen atoms in total. The number of hydrogen-bond acceptors (Lipinski definition) is 3. The van der Waals surface area contributed by atoms with E-state index in [1.54, 1.807) is 0 Å². The minimum atomic E-state index is -0.115. The van der Waals surface area contributed by atoms with E-state index in [9.17, 15) is 4.79 Å². The second kappa shape index (κ2) is 8.90. The molecule has 0 bridgehead atoms. The van der Waals surface area contributed by atoms with Gasteiger partial charge in [0.25, 0.3) is 0 Å². The monoisotopic (exact) mass is 312 g/mol. The van der Waals surface area contributed by atoms with Crippen LogP contribution in [0, 0.1) is 0 Å². The highest BCUT2D eigenvalue weighted by molar-refractivity contribution is 5.85. The molecular weight excluding hydrogens is 288 g/mol. The maximum atomic E-state index is 12.5. The minimum absolute atomic E-state index is 0. The van der Waals surface area contributed by atoms with Gasteiger partial charge in [-0.15, -0.1) is 12.4 Å². The summed E-state index contributed by atoms with van der Waals surface area (Å²) < 4.78 is 5.60. The molecule has 2 unspecified atom stereocenters. The second-order valence-electron chi connectivity index (χ2n) is 5.31. The number of rotatable bonds is 6. The molecule has 0 saturated heterocycles. The number of carbonyl (C=O) groups is 1. The molecule has 1 amide bonds. The van der Waals surface area contributed by atoms with Gasteiger partial charge in [0.1, 0.15) is 5.75 Å². The van der Waals surface area contributed by atoms with E-state index in [0.717, 1.165) is 37.0 Å². The molecule has 1 aromatic rings. The van der Waals surface area contributed by atoms with Crippen LogP contribution in [0.5, 0.6) is 5.75 Å². The Hall–Kier alpha value is -1.26. The van der Waals surface area contributed by atoms with Crippen LogP contribution in [0.25, 0.3) is 0 Å². The van der Waals surface area contributed by atoms with Crippen molar-refractivity contribution in [2.45, 2.75) is 44.6 Å². The topological polar surface area (TPSA) is 64.3 Å². The van der Waals surface area contributed by atoms with Crippen molar-refractivity contribution in [2.24, 2.45) is 5.73 Å². The number of benzene rings is 1. The van der Waals surface area contributed by atoms with E-state index in [-0.39, 0.29) is 30.3 Å². The lowest BCUT2D eigenvalue weighted by molar-refractivity contribution is -0.123. The van der Waals surface area contributed by atoms with E-state index >= 15 is 0 Å². The molecule has 0 saturated carbocycles. The van der Waals surface area contributed by atoms with Crippen LogP contribution in [0.15, 0.2) is 24.3 Å². The molecule has 118 valence electrons. The predicted octanol–water partition coefficient (Wildman–Crippen LogP) is 2.61. The van der Waals surface area contributed by atoms with Gasteiger partial charge >= 0.3 is 0 Å². The van der Waals surface area contributed by atoms with Gasteiger partial charge in [0.05, 0.1) is 12.5 Å². The van der Waals surface area contributed by atoms with Crippen LogP contribution < -0.4 is 15.8 Å². The summed E-state index contributed by atoms with van der Waals surface area (Å²) in [7, 11) is 0. The first-order valence-electron chi connectivity index (χ1n) is 7.48. The zero-order valence-electron chi connectivity index (χ0n) is 12.5. The molecule has 2 rings (SSSR count). The van der Waals surface area contributed by atoms with Gasteiger partial charge in [-0.1, -0.05) is 38.0 Å². The van der Waals surface area contributed by atoms with E-state index in [4.69, 9.17) is 10.5 Å². The van der Waals surface area contributed by atoms with E-state index in [1.807, 2.05) is 24.3 Å². The van der Waals surface area contributed by atoms with Crippen LogP contribution in [0.3, 0.4) is 0 Å². The molecule has 0 fully saturated rings. The van der Waals surface area contributed by atoms with E-state index in [2.05, 4.69) is 12.2 Å². The molecule has 1 heterocycles. The Labute approximate surface area is 132 Å². The first-order chi connectivity index (χ1) is 9.76. The van der Waals surface area contributed by atoms with Crippen LogP contribution in [0.2, 0.25) is 0 Å². The van der Waals surface area contributed by atoms with Crippen molar-refractivity contribution < 1.29 is 9.53 Å². The van der Waals surface area contributed by atoms with Crippen LogP contribution in [-0.2, 0) is 4.79 Å². The summed E-state index contributed by atoms with van der Waals surface area (Å²) >= 11 is 0. The molecule has 1 aromatic carbocycles. The number of halogens is 1. The van der Waals surface area contributed by atoms with Crippen LogP contribution in [-0.4, -0.2) is 25.1 Å². The number of fused-ring (bicyclic) bond motifs is 1. The molecule has 0 radical (unpaired) electrons. The van der Waals surface area contributed by atoms with Crippen LogP contribution in [0.1, 0.15) is 44.1 Å². The molecule has 1 aliphatic heterocycles. The number of nitrogens with two attached hydrogens (primary N) is 1. The molecular formula is C16H25ClN2O2. The summed E-state index contributed by atoms with van der Waals surface area (Å²) in [6.07, 6.45) is 3.89. The van der Waals surface area contributed by atoms with Crippen LogP contribution in [0.4, 0.5) is 0 Å². The molecule has 2 atom stereocenters. The Morgan fingerprint density at radius 2 is 2.24 bits per heavy atom. The smallest absolute Gasteiger partial charge is 0.228 e. The fourth-order valence-corrected chi connectivity index (χ4v) is 2.62. The predicted molar refractivity (Wildman–Crippen MR) is 87.1 cm³/mol. The summed E-state index contributed by atoms with van der Waals surface area (Å²) in [6.45, 7) is 3.23. The molecule has 3 N–H and O–H groups in total. The maximum Gasteiger partial charge on any atom is 0.228 e. The second-order valence-corrected chi connectivity index (χ2v) is 5.31.